The van der Waals surface area contributed by atoms with Gasteiger partial charge in [-0.05, 0) is 13.3 Å². The minimum atomic E-state index is -0.701. The van der Waals surface area contributed by atoms with E-state index in [2.05, 4.69) is 18.8 Å². The lowest BCUT2D eigenvalue weighted by atomic mass is 10.2. The van der Waals surface area contributed by atoms with E-state index in [1.807, 2.05) is 0 Å². The number of amides is 1. The highest BCUT2D eigenvalue weighted by molar-refractivity contribution is 5.80. The van der Waals surface area contributed by atoms with E-state index in [0.717, 1.165) is 19.3 Å². The zero-order chi connectivity index (χ0) is 14.5. The molecule has 0 aromatic carbocycles. The summed E-state index contributed by atoms with van der Waals surface area (Å²) in [5.74, 6) is -0.439. The van der Waals surface area contributed by atoms with Gasteiger partial charge in [-0.25, -0.2) is 9.59 Å². The number of esters is 1. The lowest BCUT2D eigenvalue weighted by Gasteiger charge is -2.13. The molecule has 0 saturated carbocycles. The molecular weight excluding hydrogens is 246 g/mol. The van der Waals surface area contributed by atoms with Crippen molar-refractivity contribution in [1.29, 1.82) is 0 Å². The van der Waals surface area contributed by atoms with Gasteiger partial charge >= 0.3 is 12.1 Å². The van der Waals surface area contributed by atoms with Gasteiger partial charge in [-0.15, -0.1) is 0 Å². The van der Waals surface area contributed by atoms with Gasteiger partial charge in [0.2, 0.25) is 0 Å². The predicted molar refractivity (Wildman–Crippen MR) is 73.9 cm³/mol. The van der Waals surface area contributed by atoms with Crippen LogP contribution < -0.4 is 5.32 Å². The van der Waals surface area contributed by atoms with Crippen molar-refractivity contribution < 1.29 is 19.1 Å². The van der Waals surface area contributed by atoms with Crippen LogP contribution in [0.4, 0.5) is 4.79 Å². The molecule has 1 amide bonds. The van der Waals surface area contributed by atoms with E-state index in [9.17, 15) is 9.59 Å². The smallest absolute Gasteiger partial charge is 0.408 e. The second-order valence-electron chi connectivity index (χ2n) is 4.33. The Hall–Kier alpha value is -1.52. The molecule has 0 spiro atoms. The summed E-state index contributed by atoms with van der Waals surface area (Å²) < 4.78 is 9.77. The number of carbonyl (C=O) groups excluding carboxylic acids is 2. The maximum absolute atomic E-state index is 11.5. The number of hydrogen-bond donors (Lipinski definition) is 1. The molecule has 0 radical (unpaired) electrons. The third kappa shape index (κ3) is 10.1. The Balaban J connectivity index is 3.64. The van der Waals surface area contributed by atoms with Crippen LogP contribution in [-0.4, -0.2) is 31.3 Å². The Kier molecular flexibility index (Phi) is 10.6. The summed E-state index contributed by atoms with van der Waals surface area (Å²) in [6, 6.07) is -0.701. The van der Waals surface area contributed by atoms with Crippen LogP contribution in [0.5, 0.6) is 0 Å². The first-order valence-electron chi connectivity index (χ1n) is 6.82. The molecule has 0 aromatic heterocycles. The number of nitrogens with one attached hydrogen (secondary N) is 1. The molecule has 0 aliphatic rings. The van der Waals surface area contributed by atoms with E-state index in [1.165, 1.54) is 18.9 Å². The molecule has 0 aromatic rings. The predicted octanol–water partition coefficient (Wildman–Crippen LogP) is 2.80. The lowest BCUT2D eigenvalue weighted by molar-refractivity contribution is -0.145. The van der Waals surface area contributed by atoms with Crippen LogP contribution in [0.2, 0.25) is 0 Å². The van der Waals surface area contributed by atoms with Crippen molar-refractivity contribution in [1.82, 2.24) is 5.32 Å². The standard InChI is InChI=1S/C14H25NO4/c1-4-6-7-8-9-11-18-13(16)12(3)15-14(17)19-10-5-2/h5,12H,2,4,6-11H2,1,3H3,(H,15,17)/t12-/m0/s1. The molecular formula is C14H25NO4. The fraction of sp³-hybridized carbons (Fsp3) is 0.714. The Morgan fingerprint density at radius 2 is 1.89 bits per heavy atom. The Morgan fingerprint density at radius 1 is 1.21 bits per heavy atom. The topological polar surface area (TPSA) is 64.6 Å². The van der Waals surface area contributed by atoms with Crippen LogP contribution >= 0.6 is 0 Å². The zero-order valence-corrected chi connectivity index (χ0v) is 11.9. The van der Waals surface area contributed by atoms with Gasteiger partial charge in [-0.3, -0.25) is 0 Å². The minimum Gasteiger partial charge on any atom is -0.464 e. The highest BCUT2D eigenvalue weighted by Crippen LogP contribution is 2.02. The highest BCUT2D eigenvalue weighted by atomic mass is 16.6. The van der Waals surface area contributed by atoms with Gasteiger partial charge in [0, 0.05) is 0 Å². The van der Waals surface area contributed by atoms with Crippen LogP contribution in [0.25, 0.3) is 0 Å². The van der Waals surface area contributed by atoms with E-state index in [1.54, 1.807) is 6.92 Å². The molecule has 1 N–H and O–H groups in total. The third-order valence-electron chi connectivity index (χ3n) is 2.51. The second-order valence-corrected chi connectivity index (χ2v) is 4.33. The number of unbranched alkanes of at least 4 members (excludes halogenated alkanes) is 4. The van der Waals surface area contributed by atoms with E-state index < -0.39 is 18.1 Å². The first-order chi connectivity index (χ1) is 9.11. The van der Waals surface area contributed by atoms with Crippen molar-refractivity contribution in [2.75, 3.05) is 13.2 Å². The summed E-state index contributed by atoms with van der Waals surface area (Å²) in [7, 11) is 0. The fourth-order valence-electron chi connectivity index (χ4n) is 1.42. The summed E-state index contributed by atoms with van der Waals surface area (Å²) in [6.07, 6.45) is 6.29. The quantitative estimate of drug-likeness (QED) is 0.377. The zero-order valence-electron chi connectivity index (χ0n) is 11.9. The van der Waals surface area contributed by atoms with Gasteiger partial charge in [0.1, 0.15) is 12.6 Å². The van der Waals surface area contributed by atoms with Gasteiger partial charge in [0.15, 0.2) is 0 Å². The summed E-state index contributed by atoms with van der Waals surface area (Å²) in [5.41, 5.74) is 0. The molecule has 110 valence electrons. The first kappa shape index (κ1) is 17.5. The Morgan fingerprint density at radius 3 is 2.53 bits per heavy atom. The van der Waals surface area contributed by atoms with Gasteiger partial charge in [-0.1, -0.05) is 45.3 Å². The minimum absolute atomic E-state index is 0.116. The maximum atomic E-state index is 11.5. The largest absolute Gasteiger partial charge is 0.464 e. The lowest BCUT2D eigenvalue weighted by Crippen LogP contribution is -2.40. The highest BCUT2D eigenvalue weighted by Gasteiger charge is 2.17. The molecule has 19 heavy (non-hydrogen) atoms. The molecule has 0 rings (SSSR count). The molecule has 0 aliphatic heterocycles. The maximum Gasteiger partial charge on any atom is 0.408 e. The van der Waals surface area contributed by atoms with Crippen molar-refractivity contribution in [3.05, 3.63) is 12.7 Å². The number of carbonyl (C=O) groups is 2. The summed E-state index contributed by atoms with van der Waals surface area (Å²) in [4.78, 5) is 22.7. The average molecular weight is 271 g/mol. The Labute approximate surface area is 115 Å². The normalized spacial score (nSPS) is 11.5. The third-order valence-corrected chi connectivity index (χ3v) is 2.51. The second kappa shape index (κ2) is 11.6. The van der Waals surface area contributed by atoms with E-state index in [0.29, 0.717) is 6.61 Å². The van der Waals surface area contributed by atoms with E-state index in [-0.39, 0.29) is 6.61 Å². The molecule has 0 bridgehead atoms. The summed E-state index contributed by atoms with van der Waals surface area (Å²) in [6.45, 7) is 7.65. The van der Waals surface area contributed by atoms with Gasteiger partial charge in [0.05, 0.1) is 6.61 Å². The molecule has 0 fully saturated rings. The van der Waals surface area contributed by atoms with Crippen molar-refractivity contribution in [2.24, 2.45) is 0 Å². The van der Waals surface area contributed by atoms with Crippen molar-refractivity contribution in [3.8, 4) is 0 Å². The number of alkyl carbamates (subject to hydrolysis) is 1. The number of ether oxygens (including phenoxy) is 2. The van der Waals surface area contributed by atoms with E-state index >= 15 is 0 Å². The molecule has 0 saturated heterocycles. The summed E-state index contributed by atoms with van der Waals surface area (Å²) >= 11 is 0. The van der Waals surface area contributed by atoms with Crippen LogP contribution in [0.1, 0.15) is 46.0 Å². The van der Waals surface area contributed by atoms with Crippen molar-refractivity contribution >= 4 is 12.1 Å². The average Bonchev–Trinajstić information content (AvgIpc) is 2.40. The molecule has 1 atom stereocenters. The summed E-state index contributed by atoms with van der Waals surface area (Å²) in [5, 5.41) is 2.39. The van der Waals surface area contributed by atoms with Crippen molar-refractivity contribution in [3.63, 3.8) is 0 Å². The monoisotopic (exact) mass is 271 g/mol. The van der Waals surface area contributed by atoms with Gasteiger partial charge in [-0.2, -0.15) is 0 Å². The molecule has 0 heterocycles. The first-order valence-corrected chi connectivity index (χ1v) is 6.82. The number of hydrogen-bond acceptors (Lipinski definition) is 4. The van der Waals surface area contributed by atoms with Crippen LogP contribution in [0.3, 0.4) is 0 Å². The van der Waals surface area contributed by atoms with Gasteiger partial charge in [0.25, 0.3) is 0 Å². The SMILES string of the molecule is C=CCOC(=O)N[C@@H](C)C(=O)OCCCCCCC. The molecule has 5 heteroatoms. The molecule has 5 nitrogen and oxygen atoms in total. The fourth-order valence-corrected chi connectivity index (χ4v) is 1.42. The molecule has 0 aliphatic carbocycles. The van der Waals surface area contributed by atoms with Crippen molar-refractivity contribution in [2.45, 2.75) is 52.0 Å². The Bertz CT molecular complexity index is 279. The van der Waals surface area contributed by atoms with Gasteiger partial charge < -0.3 is 14.8 Å². The van der Waals surface area contributed by atoms with Crippen LogP contribution in [0.15, 0.2) is 12.7 Å². The van der Waals surface area contributed by atoms with Crippen LogP contribution in [-0.2, 0) is 14.3 Å². The van der Waals surface area contributed by atoms with Crippen LogP contribution in [0, 0.1) is 0 Å². The number of rotatable bonds is 10. The van der Waals surface area contributed by atoms with E-state index in [4.69, 9.17) is 9.47 Å². The molecule has 0 unspecified atom stereocenters.